The van der Waals surface area contributed by atoms with Crippen molar-refractivity contribution in [3.05, 3.63) is 0 Å². The van der Waals surface area contributed by atoms with Gasteiger partial charge in [0.15, 0.2) is 0 Å². The average Bonchev–Trinajstić information content (AvgIpc) is 2.14. The highest BCUT2D eigenvalue weighted by Crippen LogP contribution is 2.45. The SMILES string of the molecule is CN1CC2(CCC(C(=O)N3CCC3)CC2)C1. The minimum Gasteiger partial charge on any atom is -0.342 e. The standard InChI is InChI=1S/C13H22N2O/c1-14-9-13(10-14)5-3-11(4-6-13)12(16)15-7-2-8-15/h11H,2-10H2,1H3. The number of hydrogen-bond acceptors (Lipinski definition) is 2. The van der Waals surface area contributed by atoms with Crippen molar-refractivity contribution in [2.24, 2.45) is 11.3 Å². The van der Waals surface area contributed by atoms with Crippen molar-refractivity contribution in [3.8, 4) is 0 Å². The molecule has 90 valence electrons. The summed E-state index contributed by atoms with van der Waals surface area (Å²) in [4.78, 5) is 16.5. The first-order valence-corrected chi connectivity index (χ1v) is 6.66. The largest absolute Gasteiger partial charge is 0.342 e. The van der Waals surface area contributed by atoms with Crippen LogP contribution in [0.15, 0.2) is 0 Å². The van der Waals surface area contributed by atoms with Crippen LogP contribution in [-0.4, -0.2) is 48.9 Å². The molecule has 3 nitrogen and oxygen atoms in total. The van der Waals surface area contributed by atoms with Crippen LogP contribution in [0.3, 0.4) is 0 Å². The van der Waals surface area contributed by atoms with E-state index < -0.39 is 0 Å². The molecule has 2 saturated heterocycles. The first kappa shape index (κ1) is 10.6. The van der Waals surface area contributed by atoms with Gasteiger partial charge in [-0.2, -0.15) is 0 Å². The lowest BCUT2D eigenvalue weighted by Gasteiger charge is -2.52. The second kappa shape index (κ2) is 3.73. The molecule has 0 aromatic carbocycles. The van der Waals surface area contributed by atoms with Crippen molar-refractivity contribution in [1.29, 1.82) is 0 Å². The summed E-state index contributed by atoms with van der Waals surface area (Å²) in [5, 5.41) is 0. The Morgan fingerprint density at radius 1 is 1.19 bits per heavy atom. The van der Waals surface area contributed by atoms with E-state index in [0.29, 0.717) is 17.2 Å². The van der Waals surface area contributed by atoms with Crippen LogP contribution in [0.5, 0.6) is 0 Å². The van der Waals surface area contributed by atoms with Crippen molar-refractivity contribution in [3.63, 3.8) is 0 Å². The van der Waals surface area contributed by atoms with Gasteiger partial charge in [-0.25, -0.2) is 0 Å². The summed E-state index contributed by atoms with van der Waals surface area (Å²) in [6, 6.07) is 0. The molecule has 16 heavy (non-hydrogen) atoms. The third-order valence-corrected chi connectivity index (χ3v) is 4.77. The van der Waals surface area contributed by atoms with Crippen molar-refractivity contribution >= 4 is 5.91 Å². The molecule has 2 aliphatic heterocycles. The number of carbonyl (C=O) groups is 1. The molecule has 0 aromatic rings. The summed E-state index contributed by atoms with van der Waals surface area (Å²) >= 11 is 0. The van der Waals surface area contributed by atoms with E-state index in [1.807, 2.05) is 0 Å². The molecule has 1 aliphatic carbocycles. The molecule has 0 unspecified atom stereocenters. The van der Waals surface area contributed by atoms with E-state index in [4.69, 9.17) is 0 Å². The Kier molecular flexibility index (Phi) is 2.46. The molecule has 0 N–H and O–H groups in total. The van der Waals surface area contributed by atoms with Crippen LogP contribution < -0.4 is 0 Å². The quantitative estimate of drug-likeness (QED) is 0.668. The Bertz CT molecular complexity index is 282. The summed E-state index contributed by atoms with van der Waals surface area (Å²) < 4.78 is 0. The highest BCUT2D eigenvalue weighted by Gasteiger charge is 2.45. The molecular formula is C13H22N2O. The molecule has 1 amide bonds. The van der Waals surface area contributed by atoms with Crippen LogP contribution in [0, 0.1) is 11.3 Å². The zero-order valence-corrected chi connectivity index (χ0v) is 10.2. The first-order valence-electron chi connectivity index (χ1n) is 6.66. The molecule has 1 saturated carbocycles. The number of likely N-dealkylation sites (tertiary alicyclic amines) is 2. The van der Waals surface area contributed by atoms with E-state index in [1.165, 1.54) is 32.4 Å². The fraction of sp³-hybridized carbons (Fsp3) is 0.923. The van der Waals surface area contributed by atoms with Crippen LogP contribution in [0.25, 0.3) is 0 Å². The molecule has 3 heteroatoms. The van der Waals surface area contributed by atoms with Crippen LogP contribution in [0.1, 0.15) is 32.1 Å². The summed E-state index contributed by atoms with van der Waals surface area (Å²) in [6.45, 7) is 4.56. The third kappa shape index (κ3) is 1.65. The molecule has 0 bridgehead atoms. The minimum atomic E-state index is 0.358. The summed E-state index contributed by atoms with van der Waals surface area (Å²) in [5.41, 5.74) is 0.598. The van der Waals surface area contributed by atoms with Gasteiger partial charge in [-0.15, -0.1) is 0 Å². The fourth-order valence-corrected chi connectivity index (χ4v) is 3.69. The van der Waals surface area contributed by atoms with E-state index in [1.54, 1.807) is 0 Å². The summed E-state index contributed by atoms with van der Waals surface area (Å²) in [6.07, 6.45) is 6.06. The third-order valence-electron chi connectivity index (χ3n) is 4.77. The van der Waals surface area contributed by atoms with Gasteiger partial charge in [0.1, 0.15) is 0 Å². The van der Waals surface area contributed by atoms with Gasteiger partial charge in [0.2, 0.25) is 5.91 Å². The van der Waals surface area contributed by atoms with Crippen molar-refractivity contribution in [2.75, 3.05) is 33.2 Å². The number of carbonyl (C=O) groups excluding carboxylic acids is 1. The molecule has 3 rings (SSSR count). The Hall–Kier alpha value is -0.570. The van der Waals surface area contributed by atoms with Gasteiger partial charge in [-0.05, 0) is 44.6 Å². The maximum atomic E-state index is 12.1. The molecule has 2 heterocycles. The Morgan fingerprint density at radius 3 is 2.25 bits per heavy atom. The first-order chi connectivity index (χ1) is 7.69. The molecule has 0 radical (unpaired) electrons. The molecule has 3 fully saturated rings. The summed E-state index contributed by atoms with van der Waals surface area (Å²) in [5.74, 6) is 0.811. The smallest absolute Gasteiger partial charge is 0.225 e. The number of nitrogens with zero attached hydrogens (tertiary/aromatic N) is 2. The number of rotatable bonds is 1. The molecule has 0 aromatic heterocycles. The predicted molar refractivity (Wildman–Crippen MR) is 63.1 cm³/mol. The van der Waals surface area contributed by atoms with Crippen molar-refractivity contribution in [1.82, 2.24) is 9.80 Å². The maximum Gasteiger partial charge on any atom is 0.225 e. The maximum absolute atomic E-state index is 12.1. The normalized spacial score (nSPS) is 29.9. The van der Waals surface area contributed by atoms with Gasteiger partial charge in [0, 0.05) is 32.1 Å². The zero-order valence-electron chi connectivity index (χ0n) is 10.2. The van der Waals surface area contributed by atoms with Gasteiger partial charge in [-0.1, -0.05) is 0 Å². The Labute approximate surface area is 97.8 Å². The van der Waals surface area contributed by atoms with Gasteiger partial charge < -0.3 is 9.80 Å². The van der Waals surface area contributed by atoms with Crippen LogP contribution in [0.4, 0.5) is 0 Å². The van der Waals surface area contributed by atoms with E-state index in [2.05, 4.69) is 16.8 Å². The lowest BCUT2D eigenvalue weighted by molar-refractivity contribution is -0.142. The number of hydrogen-bond donors (Lipinski definition) is 0. The second-order valence-corrected chi connectivity index (χ2v) is 6.13. The van der Waals surface area contributed by atoms with Crippen LogP contribution in [-0.2, 0) is 4.79 Å². The monoisotopic (exact) mass is 222 g/mol. The predicted octanol–water partition coefficient (Wildman–Crippen LogP) is 1.34. The van der Waals surface area contributed by atoms with Gasteiger partial charge >= 0.3 is 0 Å². The van der Waals surface area contributed by atoms with E-state index in [0.717, 1.165) is 25.9 Å². The van der Waals surface area contributed by atoms with Crippen LogP contribution in [0.2, 0.25) is 0 Å². The summed E-state index contributed by atoms with van der Waals surface area (Å²) in [7, 11) is 2.20. The minimum absolute atomic E-state index is 0.358. The molecule has 3 aliphatic rings. The van der Waals surface area contributed by atoms with Crippen LogP contribution >= 0.6 is 0 Å². The highest BCUT2D eigenvalue weighted by molar-refractivity contribution is 5.79. The highest BCUT2D eigenvalue weighted by atomic mass is 16.2. The lowest BCUT2D eigenvalue weighted by Crippen LogP contribution is -2.56. The fourth-order valence-electron chi connectivity index (χ4n) is 3.69. The van der Waals surface area contributed by atoms with Crippen molar-refractivity contribution < 1.29 is 4.79 Å². The average molecular weight is 222 g/mol. The van der Waals surface area contributed by atoms with Gasteiger partial charge in [-0.3, -0.25) is 4.79 Å². The van der Waals surface area contributed by atoms with E-state index >= 15 is 0 Å². The number of amides is 1. The van der Waals surface area contributed by atoms with Crippen molar-refractivity contribution in [2.45, 2.75) is 32.1 Å². The van der Waals surface area contributed by atoms with E-state index in [-0.39, 0.29) is 0 Å². The molecule has 0 atom stereocenters. The Morgan fingerprint density at radius 2 is 1.81 bits per heavy atom. The van der Waals surface area contributed by atoms with Gasteiger partial charge in [0.25, 0.3) is 0 Å². The second-order valence-electron chi connectivity index (χ2n) is 6.13. The zero-order chi connectivity index (χ0) is 11.2. The topological polar surface area (TPSA) is 23.6 Å². The molecular weight excluding hydrogens is 200 g/mol. The van der Waals surface area contributed by atoms with E-state index in [9.17, 15) is 4.79 Å². The van der Waals surface area contributed by atoms with Gasteiger partial charge in [0.05, 0.1) is 0 Å². The Balaban J connectivity index is 1.52. The molecule has 1 spiro atoms. The lowest BCUT2D eigenvalue weighted by atomic mass is 9.66.